The molecule has 1 aromatic heterocycles. The Hall–Kier alpha value is -2.43. The lowest BCUT2D eigenvalue weighted by molar-refractivity contribution is 0.0697. The van der Waals surface area contributed by atoms with E-state index in [0.29, 0.717) is 5.75 Å². The zero-order valence-corrected chi connectivity index (χ0v) is 8.20. The molecule has 0 spiro atoms. The van der Waals surface area contributed by atoms with Crippen LogP contribution in [0.5, 0.6) is 11.8 Å². The normalized spacial score (nSPS) is 9.75. The van der Waals surface area contributed by atoms with Gasteiger partial charge in [0.1, 0.15) is 5.75 Å². The van der Waals surface area contributed by atoms with Crippen LogP contribution in [0.2, 0.25) is 0 Å². The molecule has 0 fully saturated rings. The van der Waals surface area contributed by atoms with E-state index in [2.05, 4.69) is 9.97 Å². The van der Waals surface area contributed by atoms with E-state index >= 15 is 0 Å². The number of carboxylic acid groups (broad SMARTS) is 1. The molecule has 2 rings (SSSR count). The van der Waals surface area contributed by atoms with Crippen LogP contribution in [-0.2, 0) is 0 Å². The topological polar surface area (TPSA) is 72.3 Å². The van der Waals surface area contributed by atoms with Crippen molar-refractivity contribution >= 4 is 5.97 Å². The van der Waals surface area contributed by atoms with E-state index < -0.39 is 5.97 Å². The van der Waals surface area contributed by atoms with E-state index in [1.165, 1.54) is 12.1 Å². The van der Waals surface area contributed by atoms with Gasteiger partial charge >= 0.3 is 12.0 Å². The lowest BCUT2D eigenvalue weighted by Crippen LogP contribution is -1.96. The molecule has 0 saturated heterocycles. The fourth-order valence-corrected chi connectivity index (χ4v) is 1.11. The molecule has 0 amide bonds. The fourth-order valence-electron chi connectivity index (χ4n) is 1.11. The molecular weight excluding hydrogens is 208 g/mol. The number of ether oxygens (including phenoxy) is 1. The number of hydrogen-bond donors (Lipinski definition) is 1. The molecule has 1 heterocycles. The van der Waals surface area contributed by atoms with Gasteiger partial charge in [0.2, 0.25) is 0 Å². The van der Waals surface area contributed by atoms with Crippen molar-refractivity contribution in [3.8, 4) is 11.8 Å². The highest BCUT2D eigenvalue weighted by molar-refractivity contribution is 5.87. The minimum atomic E-state index is -0.970. The van der Waals surface area contributed by atoms with E-state index in [0.717, 1.165) is 0 Å². The van der Waals surface area contributed by atoms with Crippen molar-refractivity contribution in [2.24, 2.45) is 0 Å². The predicted octanol–water partition coefficient (Wildman–Crippen LogP) is 1.97. The van der Waals surface area contributed by atoms with Crippen molar-refractivity contribution in [1.29, 1.82) is 0 Å². The zero-order chi connectivity index (χ0) is 11.4. The SMILES string of the molecule is O=C(O)c1ccc(Oc2ncccn2)cc1. The van der Waals surface area contributed by atoms with Gasteiger partial charge in [0.25, 0.3) is 0 Å². The third-order valence-electron chi connectivity index (χ3n) is 1.85. The molecule has 1 aromatic carbocycles. The van der Waals surface area contributed by atoms with Gasteiger partial charge in [-0.25, -0.2) is 14.8 Å². The highest BCUT2D eigenvalue weighted by Crippen LogP contribution is 2.17. The number of nitrogens with zero attached hydrogens (tertiary/aromatic N) is 2. The van der Waals surface area contributed by atoms with E-state index in [1.54, 1.807) is 30.6 Å². The summed E-state index contributed by atoms with van der Waals surface area (Å²) >= 11 is 0. The highest BCUT2D eigenvalue weighted by Gasteiger charge is 2.03. The van der Waals surface area contributed by atoms with Crippen LogP contribution >= 0.6 is 0 Å². The second-order valence-corrected chi connectivity index (χ2v) is 2.96. The number of carboxylic acids is 1. The first kappa shape index (κ1) is 10.1. The minimum Gasteiger partial charge on any atom is -0.478 e. The second-order valence-electron chi connectivity index (χ2n) is 2.96. The molecule has 0 atom stereocenters. The van der Waals surface area contributed by atoms with Crippen molar-refractivity contribution in [1.82, 2.24) is 9.97 Å². The molecule has 16 heavy (non-hydrogen) atoms. The van der Waals surface area contributed by atoms with Crippen LogP contribution in [0.15, 0.2) is 42.7 Å². The molecule has 0 aliphatic heterocycles. The maximum absolute atomic E-state index is 10.6. The summed E-state index contributed by atoms with van der Waals surface area (Å²) in [6, 6.07) is 7.94. The molecule has 2 aromatic rings. The van der Waals surface area contributed by atoms with Gasteiger partial charge in [0.15, 0.2) is 0 Å². The van der Waals surface area contributed by atoms with Gasteiger partial charge < -0.3 is 9.84 Å². The van der Waals surface area contributed by atoms with Gasteiger partial charge in [0, 0.05) is 12.4 Å². The smallest absolute Gasteiger partial charge is 0.335 e. The molecule has 1 N–H and O–H groups in total. The standard InChI is InChI=1S/C11H8N2O3/c14-10(15)8-2-4-9(5-3-8)16-11-12-6-1-7-13-11/h1-7H,(H,14,15). The molecule has 0 radical (unpaired) electrons. The first-order valence-electron chi connectivity index (χ1n) is 4.54. The monoisotopic (exact) mass is 216 g/mol. The van der Waals surface area contributed by atoms with E-state index in [9.17, 15) is 4.79 Å². The van der Waals surface area contributed by atoms with Crippen LogP contribution < -0.4 is 4.74 Å². The number of benzene rings is 1. The Bertz CT molecular complexity index is 482. The molecular formula is C11H8N2O3. The molecule has 5 nitrogen and oxygen atoms in total. The Morgan fingerprint density at radius 1 is 1.12 bits per heavy atom. The van der Waals surface area contributed by atoms with E-state index in [1.807, 2.05) is 0 Å². The largest absolute Gasteiger partial charge is 0.478 e. The van der Waals surface area contributed by atoms with Gasteiger partial charge in [-0.2, -0.15) is 0 Å². The fraction of sp³-hybridized carbons (Fsp3) is 0. The maximum atomic E-state index is 10.6. The summed E-state index contributed by atoms with van der Waals surface area (Å²) in [6.45, 7) is 0. The van der Waals surface area contributed by atoms with Crippen LogP contribution in [0, 0.1) is 0 Å². The molecule has 0 unspecified atom stereocenters. The predicted molar refractivity (Wildman–Crippen MR) is 55.5 cm³/mol. The van der Waals surface area contributed by atoms with Crippen molar-refractivity contribution in [2.75, 3.05) is 0 Å². The zero-order valence-electron chi connectivity index (χ0n) is 8.20. The molecule has 5 heteroatoms. The minimum absolute atomic E-state index is 0.210. The van der Waals surface area contributed by atoms with Crippen molar-refractivity contribution in [3.05, 3.63) is 48.3 Å². The maximum Gasteiger partial charge on any atom is 0.335 e. The van der Waals surface area contributed by atoms with Crippen LogP contribution in [0.3, 0.4) is 0 Å². The Morgan fingerprint density at radius 3 is 2.31 bits per heavy atom. The van der Waals surface area contributed by atoms with Crippen molar-refractivity contribution in [3.63, 3.8) is 0 Å². The highest BCUT2D eigenvalue weighted by atomic mass is 16.5. The number of rotatable bonds is 3. The Labute approximate surface area is 91.4 Å². The molecule has 0 bridgehead atoms. The van der Waals surface area contributed by atoms with Crippen LogP contribution in [0.1, 0.15) is 10.4 Å². The summed E-state index contributed by atoms with van der Waals surface area (Å²) in [4.78, 5) is 18.4. The van der Waals surface area contributed by atoms with E-state index in [-0.39, 0.29) is 11.6 Å². The third-order valence-corrected chi connectivity index (χ3v) is 1.85. The summed E-state index contributed by atoms with van der Waals surface area (Å²) in [5.74, 6) is -0.473. The van der Waals surface area contributed by atoms with Crippen LogP contribution in [0.4, 0.5) is 0 Å². The first-order chi connectivity index (χ1) is 7.75. The third kappa shape index (κ3) is 2.33. The average molecular weight is 216 g/mol. The summed E-state index contributed by atoms with van der Waals surface area (Å²) in [7, 11) is 0. The number of carbonyl (C=O) groups is 1. The van der Waals surface area contributed by atoms with Gasteiger partial charge in [-0.15, -0.1) is 0 Å². The summed E-state index contributed by atoms with van der Waals surface area (Å²) in [6.07, 6.45) is 3.13. The van der Waals surface area contributed by atoms with Gasteiger partial charge in [-0.3, -0.25) is 0 Å². The van der Waals surface area contributed by atoms with Crippen LogP contribution in [0.25, 0.3) is 0 Å². The molecule has 0 saturated carbocycles. The number of hydrogen-bond acceptors (Lipinski definition) is 4. The molecule has 80 valence electrons. The van der Waals surface area contributed by atoms with Crippen molar-refractivity contribution in [2.45, 2.75) is 0 Å². The van der Waals surface area contributed by atoms with E-state index in [4.69, 9.17) is 9.84 Å². The number of aromatic nitrogens is 2. The lowest BCUT2D eigenvalue weighted by atomic mass is 10.2. The van der Waals surface area contributed by atoms with Gasteiger partial charge in [-0.1, -0.05) is 0 Å². The Kier molecular flexibility index (Phi) is 2.77. The first-order valence-corrected chi connectivity index (χ1v) is 4.54. The molecule has 0 aliphatic rings. The Morgan fingerprint density at radius 2 is 1.75 bits per heavy atom. The van der Waals surface area contributed by atoms with Crippen molar-refractivity contribution < 1.29 is 14.6 Å². The van der Waals surface area contributed by atoms with Gasteiger partial charge in [-0.05, 0) is 30.3 Å². The Balaban J connectivity index is 2.14. The van der Waals surface area contributed by atoms with Crippen LogP contribution in [-0.4, -0.2) is 21.0 Å². The quantitative estimate of drug-likeness (QED) is 0.849. The summed E-state index contributed by atoms with van der Waals surface area (Å²) in [5.41, 5.74) is 0.210. The summed E-state index contributed by atoms with van der Waals surface area (Å²) < 4.78 is 5.30. The average Bonchev–Trinajstić information content (AvgIpc) is 2.31. The second kappa shape index (κ2) is 4.39. The van der Waals surface area contributed by atoms with Gasteiger partial charge in [0.05, 0.1) is 5.56 Å². The molecule has 0 aliphatic carbocycles. The number of aromatic carboxylic acids is 1. The summed E-state index contributed by atoms with van der Waals surface area (Å²) in [5, 5.41) is 8.70. The lowest BCUT2D eigenvalue weighted by Gasteiger charge is -2.02.